The van der Waals surface area contributed by atoms with Gasteiger partial charge in [-0.05, 0) is 66.8 Å². The van der Waals surface area contributed by atoms with Gasteiger partial charge in [-0.3, -0.25) is 14.5 Å². The van der Waals surface area contributed by atoms with Crippen LogP contribution in [-0.2, 0) is 15.3 Å². The predicted molar refractivity (Wildman–Crippen MR) is 163 cm³/mol. The number of Topliss-reactive ketones (excluding diaryl/α,β-unsaturated/α-hetero) is 1. The molecule has 1 amide bonds. The van der Waals surface area contributed by atoms with Gasteiger partial charge in [0.1, 0.15) is 17.3 Å². The van der Waals surface area contributed by atoms with Crippen molar-refractivity contribution in [3.8, 4) is 5.75 Å². The lowest BCUT2D eigenvalue weighted by atomic mass is 9.95. The first kappa shape index (κ1) is 29.5. The molecule has 1 aromatic heterocycles. The Labute approximate surface area is 252 Å². The van der Waals surface area contributed by atoms with Crippen LogP contribution in [0.4, 0.5) is 9.52 Å². The summed E-state index contributed by atoms with van der Waals surface area (Å²) in [4.78, 5) is 28.3. The largest absolute Gasteiger partial charge is 0.507 e. The van der Waals surface area contributed by atoms with Crippen molar-refractivity contribution < 1.29 is 23.8 Å². The van der Waals surface area contributed by atoms with Crippen LogP contribution in [0.25, 0.3) is 5.76 Å². The number of thioether (sulfide) groups is 1. The first-order valence-corrected chi connectivity index (χ1v) is 15.3. The SMILES string of the molecule is Cc1ccc(CSc2nnc(N3C(=O)C(=O)/C(=C(/O)c4ccc(F)cc4)C3c3cccc(OCCC(C)C)c3)s2)cc1. The molecule has 1 aliphatic rings. The van der Waals surface area contributed by atoms with Crippen LogP contribution in [-0.4, -0.2) is 33.6 Å². The Kier molecular flexibility index (Phi) is 9.03. The molecule has 1 N–H and O–H groups in total. The first-order chi connectivity index (χ1) is 20.2. The summed E-state index contributed by atoms with van der Waals surface area (Å²) in [6.45, 7) is 6.76. The minimum absolute atomic E-state index is 0.116. The third-order valence-corrected chi connectivity index (χ3v) is 8.91. The summed E-state index contributed by atoms with van der Waals surface area (Å²) in [5.41, 5.74) is 2.96. The Balaban J connectivity index is 1.52. The van der Waals surface area contributed by atoms with Crippen LogP contribution in [0.1, 0.15) is 48.6 Å². The fourth-order valence-corrected chi connectivity index (χ4v) is 6.31. The molecular weight excluding hydrogens is 574 g/mol. The third kappa shape index (κ3) is 6.55. The molecule has 1 saturated heterocycles. The quantitative estimate of drug-likeness (QED) is 0.0667. The van der Waals surface area contributed by atoms with Gasteiger partial charge in [0.2, 0.25) is 5.13 Å². The Bertz CT molecular complexity index is 1620. The zero-order chi connectivity index (χ0) is 29.8. The topological polar surface area (TPSA) is 92.6 Å². The highest BCUT2D eigenvalue weighted by Gasteiger charge is 2.48. The monoisotopic (exact) mass is 603 g/mol. The number of hydrogen-bond acceptors (Lipinski definition) is 8. The van der Waals surface area contributed by atoms with Gasteiger partial charge in [-0.1, -0.05) is 78.9 Å². The van der Waals surface area contributed by atoms with Crippen LogP contribution >= 0.6 is 23.1 Å². The van der Waals surface area contributed by atoms with Gasteiger partial charge in [-0.25, -0.2) is 4.39 Å². The molecule has 1 unspecified atom stereocenters. The molecule has 2 heterocycles. The number of aliphatic hydroxyl groups excluding tert-OH is 1. The molecule has 4 aromatic rings. The number of rotatable bonds is 10. The molecule has 1 fully saturated rings. The van der Waals surface area contributed by atoms with Crippen molar-refractivity contribution in [1.82, 2.24) is 10.2 Å². The number of carbonyl (C=O) groups is 2. The van der Waals surface area contributed by atoms with E-state index in [1.54, 1.807) is 24.3 Å². The standard InChI is InChI=1S/C32H30FN3O4S2/c1-19(2)15-16-40-25-6-4-5-23(17-25)27-26(28(37)22-11-13-24(33)14-12-22)29(38)30(39)36(27)31-34-35-32(42-31)41-18-21-9-7-20(3)8-10-21/h4-14,17,19,27,37H,15-16,18H2,1-3H3/b28-26+. The second-order valence-corrected chi connectivity index (χ2v) is 12.6. The maximum Gasteiger partial charge on any atom is 0.301 e. The van der Waals surface area contributed by atoms with E-state index >= 15 is 0 Å². The van der Waals surface area contributed by atoms with Crippen molar-refractivity contribution in [3.63, 3.8) is 0 Å². The molecule has 0 bridgehead atoms. The summed E-state index contributed by atoms with van der Waals surface area (Å²) >= 11 is 2.68. The molecule has 0 aliphatic carbocycles. The molecule has 3 aromatic carbocycles. The lowest BCUT2D eigenvalue weighted by molar-refractivity contribution is -0.132. The van der Waals surface area contributed by atoms with E-state index in [0.717, 1.165) is 12.0 Å². The molecule has 42 heavy (non-hydrogen) atoms. The van der Waals surface area contributed by atoms with E-state index in [1.165, 1.54) is 57.8 Å². The highest BCUT2D eigenvalue weighted by atomic mass is 32.2. The number of amides is 1. The number of benzene rings is 3. The van der Waals surface area contributed by atoms with Crippen molar-refractivity contribution in [2.75, 3.05) is 11.5 Å². The van der Waals surface area contributed by atoms with Crippen LogP contribution in [0.5, 0.6) is 5.75 Å². The molecule has 0 saturated carbocycles. The summed E-state index contributed by atoms with van der Waals surface area (Å²) in [5, 5.41) is 20.1. The Morgan fingerprint density at radius 3 is 2.52 bits per heavy atom. The number of ether oxygens (including phenoxy) is 1. The second kappa shape index (κ2) is 12.9. The number of aromatic nitrogens is 2. The van der Waals surface area contributed by atoms with Gasteiger partial charge < -0.3 is 9.84 Å². The van der Waals surface area contributed by atoms with Crippen molar-refractivity contribution >= 4 is 45.7 Å². The van der Waals surface area contributed by atoms with Crippen LogP contribution in [0.15, 0.2) is 82.7 Å². The minimum Gasteiger partial charge on any atom is -0.507 e. The summed E-state index contributed by atoms with van der Waals surface area (Å²) in [6.07, 6.45) is 0.862. The Hall–Kier alpha value is -4.02. The normalized spacial score (nSPS) is 16.4. The maximum atomic E-state index is 13.6. The second-order valence-electron chi connectivity index (χ2n) is 10.4. The number of aliphatic hydroxyl groups is 1. The summed E-state index contributed by atoms with van der Waals surface area (Å²) in [5.74, 6) is -0.876. The van der Waals surface area contributed by atoms with Crippen molar-refractivity contribution in [3.05, 3.63) is 106 Å². The van der Waals surface area contributed by atoms with Crippen molar-refractivity contribution in [1.29, 1.82) is 0 Å². The van der Waals surface area contributed by atoms with Crippen LogP contribution in [0, 0.1) is 18.7 Å². The Morgan fingerprint density at radius 1 is 1.07 bits per heavy atom. The van der Waals surface area contributed by atoms with E-state index in [-0.39, 0.29) is 16.3 Å². The molecule has 7 nitrogen and oxygen atoms in total. The molecule has 0 radical (unpaired) electrons. The fraction of sp³-hybridized carbons (Fsp3) is 0.250. The van der Waals surface area contributed by atoms with E-state index in [9.17, 15) is 19.1 Å². The van der Waals surface area contributed by atoms with Gasteiger partial charge in [-0.15, -0.1) is 10.2 Å². The number of halogens is 1. The molecule has 10 heteroatoms. The molecule has 1 aliphatic heterocycles. The molecule has 5 rings (SSSR count). The van der Waals surface area contributed by atoms with E-state index in [2.05, 4.69) is 36.2 Å². The summed E-state index contributed by atoms with van der Waals surface area (Å²) in [7, 11) is 0. The predicted octanol–water partition coefficient (Wildman–Crippen LogP) is 7.33. The van der Waals surface area contributed by atoms with Gasteiger partial charge in [0.15, 0.2) is 4.34 Å². The molecule has 0 spiro atoms. The number of hydrogen-bond donors (Lipinski definition) is 1. The third-order valence-electron chi connectivity index (χ3n) is 6.78. The molecular formula is C32H30FN3O4S2. The fourth-order valence-electron chi connectivity index (χ4n) is 4.48. The van der Waals surface area contributed by atoms with Crippen molar-refractivity contribution in [2.24, 2.45) is 5.92 Å². The van der Waals surface area contributed by atoms with E-state index in [0.29, 0.717) is 33.9 Å². The lowest BCUT2D eigenvalue weighted by Crippen LogP contribution is -2.29. The minimum atomic E-state index is -0.994. The van der Waals surface area contributed by atoms with E-state index in [4.69, 9.17) is 4.74 Å². The average molecular weight is 604 g/mol. The summed E-state index contributed by atoms with van der Waals surface area (Å²) < 4.78 is 20.2. The maximum absolute atomic E-state index is 13.6. The van der Waals surface area contributed by atoms with Crippen LogP contribution < -0.4 is 9.64 Å². The van der Waals surface area contributed by atoms with Crippen LogP contribution in [0.3, 0.4) is 0 Å². The summed E-state index contributed by atoms with van der Waals surface area (Å²) in [6, 6.07) is 19.4. The zero-order valence-electron chi connectivity index (χ0n) is 23.4. The highest BCUT2D eigenvalue weighted by molar-refractivity contribution is 8.00. The molecule has 216 valence electrons. The van der Waals surface area contributed by atoms with E-state index in [1.807, 2.05) is 19.1 Å². The van der Waals surface area contributed by atoms with Gasteiger partial charge in [0.05, 0.1) is 18.2 Å². The number of anilines is 1. The number of aryl methyl sites for hydroxylation is 1. The Morgan fingerprint density at radius 2 is 1.81 bits per heavy atom. The smallest absolute Gasteiger partial charge is 0.301 e. The highest BCUT2D eigenvalue weighted by Crippen LogP contribution is 2.44. The van der Waals surface area contributed by atoms with Gasteiger partial charge in [0.25, 0.3) is 5.78 Å². The number of nitrogens with zero attached hydrogens (tertiary/aromatic N) is 3. The van der Waals surface area contributed by atoms with Crippen LogP contribution in [0.2, 0.25) is 0 Å². The lowest BCUT2D eigenvalue weighted by Gasteiger charge is -2.23. The average Bonchev–Trinajstić information content (AvgIpc) is 3.54. The zero-order valence-corrected chi connectivity index (χ0v) is 25.0. The van der Waals surface area contributed by atoms with Crippen molar-refractivity contribution in [2.45, 2.75) is 43.3 Å². The van der Waals surface area contributed by atoms with Gasteiger partial charge in [-0.2, -0.15) is 0 Å². The molecule has 1 atom stereocenters. The van der Waals surface area contributed by atoms with Gasteiger partial charge in [0, 0.05) is 11.3 Å². The number of carbonyl (C=O) groups excluding carboxylic acids is 2. The van der Waals surface area contributed by atoms with E-state index < -0.39 is 29.3 Å². The van der Waals surface area contributed by atoms with Gasteiger partial charge >= 0.3 is 5.91 Å². The number of ketones is 1. The first-order valence-electron chi connectivity index (χ1n) is 13.5.